The van der Waals surface area contributed by atoms with Gasteiger partial charge in [-0.15, -0.1) is 0 Å². The van der Waals surface area contributed by atoms with Crippen molar-refractivity contribution in [1.29, 1.82) is 0 Å². The summed E-state index contributed by atoms with van der Waals surface area (Å²) in [5.74, 6) is 0. The van der Waals surface area contributed by atoms with Gasteiger partial charge in [0.05, 0.1) is 50.2 Å². The van der Waals surface area contributed by atoms with Crippen molar-refractivity contribution in [2.45, 2.75) is 0 Å². The Kier molecular flexibility index (Phi) is 14.8. The molecule has 0 atom stereocenters. The fourth-order valence-corrected chi connectivity index (χ4v) is 15.5. The van der Waals surface area contributed by atoms with Crippen LogP contribution in [0.15, 0.2) is 400 Å². The molecule has 6 heteroatoms. The predicted molar refractivity (Wildman–Crippen MR) is 430 cm³/mol. The summed E-state index contributed by atoms with van der Waals surface area (Å²) in [5.41, 5.74) is 26.1. The van der Waals surface area contributed by atoms with Gasteiger partial charge in [0.25, 0.3) is 0 Å². The first kappa shape index (κ1) is 59.6. The summed E-state index contributed by atoms with van der Waals surface area (Å²) < 4.78 is 7.24. The van der Waals surface area contributed by atoms with Gasteiger partial charge in [-0.2, -0.15) is 0 Å². The molecule has 0 aliphatic carbocycles. The number of para-hydroxylation sites is 6. The Morgan fingerprint density at radius 3 is 0.588 bits per heavy atom. The lowest BCUT2D eigenvalue weighted by Gasteiger charge is -2.33. The Hall–Kier alpha value is -13.7. The molecule has 0 fully saturated rings. The van der Waals surface area contributed by atoms with E-state index < -0.39 is 0 Å². The molecular formula is C96H66N6. The van der Waals surface area contributed by atoms with Crippen molar-refractivity contribution in [2.75, 3.05) is 14.7 Å². The summed E-state index contributed by atoms with van der Waals surface area (Å²) in [6, 6.07) is 146. The molecule has 0 N–H and O–H groups in total. The van der Waals surface area contributed by atoms with Gasteiger partial charge in [-0.05, 0) is 215 Å². The number of benzene rings is 16. The summed E-state index contributed by atoms with van der Waals surface area (Å²) in [6.07, 6.45) is 0. The second kappa shape index (κ2) is 25.3. The molecule has 0 amide bonds. The van der Waals surface area contributed by atoms with E-state index in [0.717, 1.165) is 118 Å². The lowest BCUT2D eigenvalue weighted by Crippen LogP contribution is -2.16. The molecule has 0 radical (unpaired) electrons. The van der Waals surface area contributed by atoms with E-state index in [9.17, 15) is 0 Å². The highest BCUT2D eigenvalue weighted by Gasteiger charge is 2.26. The number of aromatic nitrogens is 3. The third kappa shape index (κ3) is 10.5. The van der Waals surface area contributed by atoms with Crippen molar-refractivity contribution in [2.24, 2.45) is 0 Å². The zero-order valence-corrected chi connectivity index (χ0v) is 55.8. The van der Waals surface area contributed by atoms with Crippen LogP contribution in [0.4, 0.5) is 51.2 Å². The van der Waals surface area contributed by atoms with Crippen molar-refractivity contribution in [1.82, 2.24) is 13.7 Å². The van der Waals surface area contributed by atoms with Gasteiger partial charge in [-0.3, -0.25) is 0 Å². The molecule has 16 aromatic carbocycles. The van der Waals surface area contributed by atoms with Crippen molar-refractivity contribution < 1.29 is 0 Å². The molecule has 0 spiro atoms. The van der Waals surface area contributed by atoms with Crippen LogP contribution in [0.5, 0.6) is 0 Å². The summed E-state index contributed by atoms with van der Waals surface area (Å²) in [4.78, 5) is 7.36. The molecule has 0 unspecified atom stereocenters. The molecule has 0 aliphatic heterocycles. The molecule has 19 rings (SSSR count). The highest BCUT2D eigenvalue weighted by molar-refractivity contribution is 6.15. The van der Waals surface area contributed by atoms with E-state index in [0.29, 0.717) is 0 Å². The monoisotopic (exact) mass is 1300 g/mol. The van der Waals surface area contributed by atoms with Crippen LogP contribution in [0.3, 0.4) is 0 Å². The highest BCUT2D eigenvalue weighted by Crippen LogP contribution is 2.50. The minimum Gasteiger partial charge on any atom is -0.310 e. The zero-order valence-electron chi connectivity index (χ0n) is 55.8. The van der Waals surface area contributed by atoms with E-state index in [1.165, 1.54) is 49.5 Å². The number of fused-ring (bicyclic) bond motifs is 9. The second-order valence-electron chi connectivity index (χ2n) is 26.1. The molecular weight excluding hydrogens is 1240 g/mol. The number of hydrogen-bond acceptors (Lipinski definition) is 3. The SMILES string of the molecule is c1ccc(-c2ccc3c(c2)c2cc(N(c4ccccc4)c4cc(N(c5ccccc5)c5ccc6c(c5)c5cc(-c7ccccc7)ccc5n6-c5ccccc5)cc(N(c5ccccc5)c5ccc6c(c5)c5cc(-c7ccccc7)ccc5n6-c5ccccc5)c4)ccc2n3-c2ccccc2)cc1. The van der Waals surface area contributed by atoms with Gasteiger partial charge in [0.2, 0.25) is 0 Å². The predicted octanol–water partition coefficient (Wildman–Crippen LogP) is 26.4. The summed E-state index contributed by atoms with van der Waals surface area (Å²) in [5, 5.41) is 6.96. The van der Waals surface area contributed by atoms with Crippen LogP contribution in [0.1, 0.15) is 0 Å². The first-order chi connectivity index (χ1) is 50.6. The Labute approximate surface area is 592 Å². The molecule has 480 valence electrons. The summed E-state index contributed by atoms with van der Waals surface area (Å²) in [7, 11) is 0. The van der Waals surface area contributed by atoms with Gasteiger partial charge in [0, 0.05) is 83.5 Å². The normalized spacial score (nSPS) is 11.5. The van der Waals surface area contributed by atoms with Crippen molar-refractivity contribution in [3.63, 3.8) is 0 Å². The van der Waals surface area contributed by atoms with Crippen LogP contribution in [-0.2, 0) is 0 Å². The van der Waals surface area contributed by atoms with Crippen LogP contribution in [0.25, 0.3) is 116 Å². The third-order valence-electron chi connectivity index (χ3n) is 20.1. The molecule has 102 heavy (non-hydrogen) atoms. The third-order valence-corrected chi connectivity index (χ3v) is 20.1. The fraction of sp³-hybridized carbons (Fsp3) is 0. The zero-order chi connectivity index (χ0) is 67.5. The molecule has 0 saturated carbocycles. The van der Waals surface area contributed by atoms with Crippen LogP contribution < -0.4 is 14.7 Å². The van der Waals surface area contributed by atoms with Gasteiger partial charge in [0.1, 0.15) is 0 Å². The second-order valence-corrected chi connectivity index (χ2v) is 26.1. The minimum atomic E-state index is 0.968. The van der Waals surface area contributed by atoms with Crippen LogP contribution in [-0.4, -0.2) is 13.7 Å². The molecule has 0 aliphatic rings. The number of anilines is 9. The quantitative estimate of drug-likeness (QED) is 0.102. The van der Waals surface area contributed by atoms with Crippen LogP contribution in [0.2, 0.25) is 0 Å². The minimum absolute atomic E-state index is 0.968. The Balaban J connectivity index is 0.885. The molecule has 3 heterocycles. The first-order valence-corrected chi connectivity index (χ1v) is 34.9. The van der Waals surface area contributed by atoms with Gasteiger partial charge in [-0.1, -0.05) is 218 Å². The molecule has 0 bridgehead atoms. The average Bonchev–Trinajstić information content (AvgIpc) is 1.57. The smallest absolute Gasteiger partial charge is 0.0542 e. The molecule has 19 aromatic rings. The Morgan fingerprint density at radius 2 is 0.343 bits per heavy atom. The van der Waals surface area contributed by atoms with E-state index in [4.69, 9.17) is 0 Å². The standard InChI is InChI=1S/C96H66N6/c1-10-28-67(29-11-1)70-46-52-91-85(58-70)88-64-79(49-55-94(88)100(91)76-40-22-7-23-41-76)97(73-34-16-4-17-35-73)82-61-83(98(74-36-18-5-19-37-74)80-50-56-95-89(65-80)86-59-71(68-30-12-2-13-31-68)47-53-92(86)101(95)77-42-24-8-25-43-77)63-84(62-82)99(75-38-20-6-21-39-75)81-51-57-96-90(66-81)87-60-72(69-32-14-3-15-33-69)48-54-93(87)102(96)78-44-26-9-27-45-78/h1-66H. The molecule has 6 nitrogen and oxygen atoms in total. The van der Waals surface area contributed by atoms with E-state index in [1.807, 2.05) is 0 Å². The molecule has 3 aromatic heterocycles. The summed E-state index contributed by atoms with van der Waals surface area (Å²) in [6.45, 7) is 0. The maximum atomic E-state index is 2.45. The van der Waals surface area contributed by atoms with Gasteiger partial charge < -0.3 is 28.4 Å². The number of hydrogen-bond donors (Lipinski definition) is 0. The lowest BCUT2D eigenvalue weighted by atomic mass is 10.0. The topological polar surface area (TPSA) is 24.5 Å². The maximum absolute atomic E-state index is 2.45. The van der Waals surface area contributed by atoms with Crippen LogP contribution >= 0.6 is 0 Å². The number of rotatable bonds is 15. The van der Waals surface area contributed by atoms with E-state index in [1.54, 1.807) is 0 Å². The Bertz CT molecular complexity index is 5650. The highest BCUT2D eigenvalue weighted by atomic mass is 15.2. The maximum Gasteiger partial charge on any atom is 0.0542 e. The van der Waals surface area contributed by atoms with Gasteiger partial charge in [-0.25, -0.2) is 0 Å². The van der Waals surface area contributed by atoms with Gasteiger partial charge in [0.15, 0.2) is 0 Å². The summed E-state index contributed by atoms with van der Waals surface area (Å²) >= 11 is 0. The Morgan fingerprint density at radius 1 is 0.137 bits per heavy atom. The van der Waals surface area contributed by atoms with E-state index in [-0.39, 0.29) is 0 Å². The van der Waals surface area contributed by atoms with Crippen molar-refractivity contribution in [3.8, 4) is 50.4 Å². The fourth-order valence-electron chi connectivity index (χ4n) is 15.5. The van der Waals surface area contributed by atoms with Crippen LogP contribution in [0, 0.1) is 0 Å². The van der Waals surface area contributed by atoms with E-state index in [2.05, 4.69) is 429 Å². The number of nitrogens with zero attached hydrogens (tertiary/aromatic N) is 6. The first-order valence-electron chi connectivity index (χ1n) is 34.9. The lowest BCUT2D eigenvalue weighted by molar-refractivity contribution is 1.18. The average molecular weight is 1300 g/mol. The van der Waals surface area contributed by atoms with Crippen molar-refractivity contribution in [3.05, 3.63) is 400 Å². The van der Waals surface area contributed by atoms with E-state index >= 15 is 0 Å². The molecule has 0 saturated heterocycles. The largest absolute Gasteiger partial charge is 0.310 e. The van der Waals surface area contributed by atoms with Gasteiger partial charge >= 0.3 is 0 Å². The van der Waals surface area contributed by atoms with Crippen molar-refractivity contribution >= 4 is 117 Å².